The first-order valence-corrected chi connectivity index (χ1v) is 6.51. The molecule has 2 rings (SSSR count). The molecule has 0 bridgehead atoms. The molecule has 0 N–H and O–H groups in total. The summed E-state index contributed by atoms with van der Waals surface area (Å²) < 4.78 is 5.67. The Morgan fingerprint density at radius 1 is 1.32 bits per heavy atom. The molecule has 1 unspecified atom stereocenters. The summed E-state index contributed by atoms with van der Waals surface area (Å²) in [5, 5.41) is 0. The molecular formula is C14H20N2O3. The van der Waals surface area contributed by atoms with Gasteiger partial charge in [0.1, 0.15) is 0 Å². The first-order chi connectivity index (χ1) is 8.89. The van der Waals surface area contributed by atoms with Crippen molar-refractivity contribution in [1.29, 1.82) is 0 Å². The predicted molar refractivity (Wildman–Crippen MR) is 72.0 cm³/mol. The number of carbonyl (C=O) groups is 2. The normalized spacial score (nSPS) is 28.4. The molecule has 0 aromatic carbocycles. The van der Waals surface area contributed by atoms with Crippen LogP contribution in [-0.4, -0.2) is 48.5 Å². The molecule has 1 fully saturated rings. The van der Waals surface area contributed by atoms with Gasteiger partial charge in [-0.25, -0.2) is 0 Å². The summed E-state index contributed by atoms with van der Waals surface area (Å²) in [6.07, 6.45) is 2.07. The van der Waals surface area contributed by atoms with Gasteiger partial charge in [-0.05, 0) is 26.6 Å². The van der Waals surface area contributed by atoms with Gasteiger partial charge in [-0.15, -0.1) is 0 Å². The molecule has 0 amide bonds. The number of rotatable bonds is 3. The van der Waals surface area contributed by atoms with Crippen LogP contribution >= 0.6 is 0 Å². The Balaban J connectivity index is 2.22. The average Bonchev–Trinajstić information content (AvgIpc) is 2.82. The van der Waals surface area contributed by atoms with Gasteiger partial charge >= 0.3 is 0 Å². The number of likely N-dealkylation sites (N-methyl/N-ethyl adjacent to an activating group) is 1. The van der Waals surface area contributed by atoms with Crippen LogP contribution in [-0.2, 0) is 14.3 Å². The van der Waals surface area contributed by atoms with Crippen LogP contribution in [0.2, 0.25) is 0 Å². The second-order valence-corrected chi connectivity index (χ2v) is 5.37. The molecule has 19 heavy (non-hydrogen) atoms. The van der Waals surface area contributed by atoms with E-state index in [0.29, 0.717) is 6.54 Å². The van der Waals surface area contributed by atoms with Crippen molar-refractivity contribution in [3.63, 3.8) is 0 Å². The summed E-state index contributed by atoms with van der Waals surface area (Å²) in [6.45, 7) is 4.60. The quantitative estimate of drug-likeness (QED) is 0.436. The number of Topliss-reactive ketones (excluding diaryl/α,β-unsaturated/α-hetero) is 2. The fourth-order valence-electron chi connectivity index (χ4n) is 2.52. The van der Waals surface area contributed by atoms with Gasteiger partial charge in [0, 0.05) is 24.5 Å². The van der Waals surface area contributed by atoms with Crippen LogP contribution in [0.1, 0.15) is 26.7 Å². The maximum absolute atomic E-state index is 12.1. The second kappa shape index (κ2) is 4.89. The zero-order valence-electron chi connectivity index (χ0n) is 11.9. The molecule has 0 aromatic rings. The van der Waals surface area contributed by atoms with Crippen molar-refractivity contribution < 1.29 is 14.3 Å². The molecule has 1 atom stereocenters. The summed E-state index contributed by atoms with van der Waals surface area (Å²) in [6, 6.07) is 0. The van der Waals surface area contributed by atoms with Gasteiger partial charge in [0.05, 0.1) is 12.8 Å². The summed E-state index contributed by atoms with van der Waals surface area (Å²) in [7, 11) is 3.39. The van der Waals surface area contributed by atoms with Crippen molar-refractivity contribution in [3.05, 3.63) is 11.8 Å². The molecule has 0 radical (unpaired) electrons. The number of carbonyl (C=O) groups excluding carboxylic acids is 2. The predicted octanol–water partition coefficient (Wildman–Crippen LogP) is 1.19. The summed E-state index contributed by atoms with van der Waals surface area (Å²) >= 11 is 0. The van der Waals surface area contributed by atoms with E-state index in [-0.39, 0.29) is 30.3 Å². The van der Waals surface area contributed by atoms with Crippen molar-refractivity contribution in [3.8, 4) is 0 Å². The maximum atomic E-state index is 12.1. The lowest BCUT2D eigenvalue weighted by molar-refractivity contribution is -0.162. The monoisotopic (exact) mass is 264 g/mol. The lowest BCUT2D eigenvalue weighted by atomic mass is 10.0. The Hall–Kier alpha value is -1.49. The minimum atomic E-state index is -1.43. The minimum Gasteiger partial charge on any atom is -0.465 e. The van der Waals surface area contributed by atoms with Crippen molar-refractivity contribution in [2.24, 2.45) is 10.9 Å². The Morgan fingerprint density at radius 2 is 1.89 bits per heavy atom. The number of ketones is 2. The fraction of sp³-hybridized carbons (Fsp3) is 0.643. The van der Waals surface area contributed by atoms with Gasteiger partial charge in [-0.3, -0.25) is 19.5 Å². The van der Waals surface area contributed by atoms with Gasteiger partial charge in [-0.1, -0.05) is 6.92 Å². The third-order valence-electron chi connectivity index (χ3n) is 4.04. The van der Waals surface area contributed by atoms with E-state index in [1.807, 2.05) is 13.8 Å². The molecule has 104 valence electrons. The number of hydrogen-bond donors (Lipinski definition) is 0. The summed E-state index contributed by atoms with van der Waals surface area (Å²) in [4.78, 5) is 30.0. The van der Waals surface area contributed by atoms with Crippen LogP contribution in [0.4, 0.5) is 0 Å². The lowest BCUT2D eigenvalue weighted by Gasteiger charge is -2.32. The van der Waals surface area contributed by atoms with E-state index in [2.05, 4.69) is 4.99 Å². The van der Waals surface area contributed by atoms with Crippen LogP contribution in [0.25, 0.3) is 0 Å². The highest BCUT2D eigenvalue weighted by Crippen LogP contribution is 2.30. The van der Waals surface area contributed by atoms with Crippen LogP contribution in [0.5, 0.6) is 0 Å². The highest BCUT2D eigenvalue weighted by molar-refractivity contribution is 6.15. The fourth-order valence-corrected chi connectivity index (χ4v) is 2.52. The van der Waals surface area contributed by atoms with Crippen LogP contribution in [0.3, 0.4) is 0 Å². The molecule has 1 heterocycles. The summed E-state index contributed by atoms with van der Waals surface area (Å²) in [5.41, 5.74) is 0.632. The van der Waals surface area contributed by atoms with Gasteiger partial charge in [-0.2, -0.15) is 0 Å². The standard InChI is InChI=1S/C14H20N2O3/c1-9-10(2)15-7-11(9)8-19-14(16(3)4)12(17)5-6-13(14)18/h8-9H,5-7H2,1-4H3/b11-8+. The number of nitrogens with zero attached hydrogens (tertiary/aromatic N) is 2. The lowest BCUT2D eigenvalue weighted by Crippen LogP contribution is -2.54. The minimum absolute atomic E-state index is 0.164. The van der Waals surface area contributed by atoms with E-state index in [9.17, 15) is 9.59 Å². The zero-order valence-corrected chi connectivity index (χ0v) is 11.9. The largest absolute Gasteiger partial charge is 0.465 e. The van der Waals surface area contributed by atoms with Crippen molar-refractivity contribution in [1.82, 2.24) is 4.90 Å². The van der Waals surface area contributed by atoms with E-state index < -0.39 is 5.72 Å². The smallest absolute Gasteiger partial charge is 0.280 e. The summed E-state index contributed by atoms with van der Waals surface area (Å²) in [5.74, 6) is -0.115. The van der Waals surface area contributed by atoms with E-state index in [4.69, 9.17) is 4.74 Å². The molecule has 1 saturated carbocycles. The Bertz CT molecular complexity index is 461. The Morgan fingerprint density at radius 3 is 2.32 bits per heavy atom. The molecule has 0 saturated heterocycles. The topological polar surface area (TPSA) is 59.0 Å². The second-order valence-electron chi connectivity index (χ2n) is 5.37. The van der Waals surface area contributed by atoms with Crippen LogP contribution < -0.4 is 0 Å². The number of aliphatic imine (C=N–C) groups is 1. The van der Waals surface area contributed by atoms with Crippen molar-refractivity contribution >= 4 is 17.3 Å². The number of hydrogen-bond acceptors (Lipinski definition) is 5. The molecule has 1 aliphatic carbocycles. The van der Waals surface area contributed by atoms with E-state index in [1.54, 1.807) is 25.3 Å². The molecule has 1 aliphatic heterocycles. The van der Waals surface area contributed by atoms with Crippen LogP contribution in [0, 0.1) is 5.92 Å². The third kappa shape index (κ3) is 2.12. The third-order valence-corrected chi connectivity index (χ3v) is 4.04. The van der Waals surface area contributed by atoms with E-state index in [1.165, 1.54) is 0 Å². The number of ether oxygens (including phenoxy) is 1. The van der Waals surface area contributed by atoms with Gasteiger partial charge in [0.25, 0.3) is 5.72 Å². The Labute approximate surface area is 113 Å². The average molecular weight is 264 g/mol. The Kier molecular flexibility index (Phi) is 3.58. The van der Waals surface area contributed by atoms with Crippen molar-refractivity contribution in [2.45, 2.75) is 32.4 Å². The molecule has 0 spiro atoms. The molecular weight excluding hydrogens is 244 g/mol. The molecule has 5 heteroatoms. The van der Waals surface area contributed by atoms with Gasteiger partial charge in [0.15, 0.2) is 11.6 Å². The highest BCUT2D eigenvalue weighted by Gasteiger charge is 2.53. The zero-order chi connectivity index (χ0) is 14.2. The molecule has 0 aromatic heterocycles. The van der Waals surface area contributed by atoms with Gasteiger partial charge < -0.3 is 4.74 Å². The highest BCUT2D eigenvalue weighted by atomic mass is 16.5. The van der Waals surface area contributed by atoms with Crippen molar-refractivity contribution in [2.75, 3.05) is 20.6 Å². The first-order valence-electron chi connectivity index (χ1n) is 6.51. The first kappa shape index (κ1) is 13.9. The molecule has 2 aliphatic rings. The maximum Gasteiger partial charge on any atom is 0.280 e. The van der Waals surface area contributed by atoms with Gasteiger partial charge in [0.2, 0.25) is 0 Å². The molecule has 5 nitrogen and oxygen atoms in total. The van der Waals surface area contributed by atoms with E-state index >= 15 is 0 Å². The van der Waals surface area contributed by atoms with Crippen LogP contribution in [0.15, 0.2) is 16.8 Å². The van der Waals surface area contributed by atoms with E-state index in [0.717, 1.165) is 11.3 Å². The SMILES string of the molecule is CC1=NC/C(=C\OC2(N(C)C)C(=O)CCC2=O)C1C.